The van der Waals surface area contributed by atoms with Crippen molar-refractivity contribution in [1.82, 2.24) is 4.90 Å². The molecule has 1 heterocycles. The molecule has 0 aromatic carbocycles. The molecule has 0 saturated carbocycles. The predicted molar refractivity (Wildman–Crippen MR) is 117 cm³/mol. The van der Waals surface area contributed by atoms with Crippen molar-refractivity contribution in [2.45, 2.75) is 97.7 Å². The lowest BCUT2D eigenvalue weighted by Gasteiger charge is -2.42. The number of hydrogen-bond acceptors (Lipinski definition) is 3. The van der Waals surface area contributed by atoms with Gasteiger partial charge in [0.25, 0.3) is 0 Å². The first-order valence-corrected chi connectivity index (χ1v) is 18.4. The first-order valence-electron chi connectivity index (χ1n) is 9.83. The maximum Gasteiger partial charge on any atom is 0.244 e. The molecule has 0 bridgehead atoms. The Morgan fingerprint density at radius 2 is 1.79 bits per heavy atom. The van der Waals surface area contributed by atoms with E-state index in [0.717, 1.165) is 6.42 Å². The SMILES string of the molecule is CCC/C(C)=C(/O[Si](C)(C)C)N1CCCCC1CCS[Si](C)(C)C. The molecule has 0 amide bonds. The molecule has 0 aromatic rings. The summed E-state index contributed by atoms with van der Waals surface area (Å²) in [6.45, 7) is 20.1. The minimum atomic E-state index is -1.58. The Morgan fingerprint density at radius 1 is 1.12 bits per heavy atom. The molecule has 1 atom stereocenters. The number of piperidine rings is 1. The van der Waals surface area contributed by atoms with Gasteiger partial charge in [-0.3, -0.25) is 0 Å². The van der Waals surface area contributed by atoms with Crippen LogP contribution in [0.5, 0.6) is 0 Å². The topological polar surface area (TPSA) is 12.5 Å². The third-order valence-corrected chi connectivity index (χ3v) is 9.59. The van der Waals surface area contributed by atoms with Gasteiger partial charge in [0.2, 0.25) is 8.32 Å². The summed E-state index contributed by atoms with van der Waals surface area (Å²) >= 11 is 2.24. The molecule has 1 saturated heterocycles. The minimum absolute atomic E-state index is 0.681. The Bertz CT molecular complexity index is 413. The van der Waals surface area contributed by atoms with E-state index in [-0.39, 0.29) is 0 Å². The summed E-state index contributed by atoms with van der Waals surface area (Å²) < 4.78 is 6.62. The summed E-state index contributed by atoms with van der Waals surface area (Å²) in [6, 6.07) is 0.681. The zero-order valence-corrected chi connectivity index (χ0v) is 20.3. The molecule has 1 unspecified atom stereocenters. The van der Waals surface area contributed by atoms with Gasteiger partial charge in [-0.25, -0.2) is 0 Å². The van der Waals surface area contributed by atoms with Gasteiger partial charge in [0.05, 0.1) is 0 Å². The van der Waals surface area contributed by atoms with Crippen molar-refractivity contribution in [3.63, 3.8) is 0 Å². The van der Waals surface area contributed by atoms with Gasteiger partial charge in [0.15, 0.2) is 5.88 Å². The second-order valence-electron chi connectivity index (χ2n) is 9.14. The molecule has 5 heteroatoms. The second-order valence-corrected chi connectivity index (χ2v) is 23.0. The van der Waals surface area contributed by atoms with Gasteiger partial charge in [0, 0.05) is 12.6 Å². The normalized spacial score (nSPS) is 20.8. The molecule has 0 radical (unpaired) electrons. The van der Waals surface area contributed by atoms with E-state index < -0.39 is 15.5 Å². The molecule has 0 N–H and O–H groups in total. The van der Waals surface area contributed by atoms with Crippen LogP contribution in [0.25, 0.3) is 0 Å². The highest BCUT2D eigenvalue weighted by Crippen LogP contribution is 2.31. The van der Waals surface area contributed by atoms with E-state index in [0.29, 0.717) is 6.04 Å². The van der Waals surface area contributed by atoms with Crippen molar-refractivity contribution in [1.29, 1.82) is 0 Å². The summed E-state index contributed by atoms with van der Waals surface area (Å²) in [5.74, 6) is 2.56. The molecule has 0 aromatic heterocycles. The number of hydrogen-bond donors (Lipinski definition) is 0. The molecule has 1 aliphatic rings. The first-order chi connectivity index (χ1) is 11.0. The zero-order chi connectivity index (χ0) is 18.4. The van der Waals surface area contributed by atoms with E-state index in [1.54, 1.807) is 0 Å². The van der Waals surface area contributed by atoms with Crippen molar-refractivity contribution in [3.8, 4) is 0 Å². The van der Waals surface area contributed by atoms with Crippen LogP contribution in [0.3, 0.4) is 0 Å². The van der Waals surface area contributed by atoms with E-state index in [2.05, 4.69) is 69.2 Å². The second kappa shape index (κ2) is 9.72. The fourth-order valence-corrected chi connectivity index (χ4v) is 7.30. The van der Waals surface area contributed by atoms with Crippen LogP contribution in [0, 0.1) is 0 Å². The van der Waals surface area contributed by atoms with Gasteiger partial charge in [-0.1, -0.05) is 33.0 Å². The summed E-state index contributed by atoms with van der Waals surface area (Å²) in [5.41, 5.74) is 1.46. The van der Waals surface area contributed by atoms with Gasteiger partial charge in [-0.15, -0.1) is 0 Å². The Morgan fingerprint density at radius 3 is 2.33 bits per heavy atom. The largest absolute Gasteiger partial charge is 0.533 e. The van der Waals surface area contributed by atoms with Gasteiger partial charge in [-0.05, 0) is 70.0 Å². The minimum Gasteiger partial charge on any atom is -0.533 e. The van der Waals surface area contributed by atoms with E-state index in [4.69, 9.17) is 4.43 Å². The third kappa shape index (κ3) is 8.48. The number of rotatable bonds is 9. The van der Waals surface area contributed by atoms with Gasteiger partial charge < -0.3 is 9.33 Å². The highest BCUT2D eigenvalue weighted by atomic mass is 32.4. The molecule has 142 valence electrons. The molecule has 0 spiro atoms. The van der Waals surface area contributed by atoms with E-state index in [9.17, 15) is 0 Å². The molecule has 1 rings (SSSR count). The molecule has 1 fully saturated rings. The molecule has 0 aliphatic carbocycles. The monoisotopic (exact) mass is 387 g/mol. The summed E-state index contributed by atoms with van der Waals surface area (Å²) in [7, 11) is -2.59. The molecular formula is C19H41NOSSi2. The predicted octanol–water partition coefficient (Wildman–Crippen LogP) is 6.68. The third-order valence-electron chi connectivity index (χ3n) is 4.27. The Hall–Kier alpha value is 0.124. The van der Waals surface area contributed by atoms with Crippen molar-refractivity contribution < 1.29 is 4.43 Å². The lowest BCUT2D eigenvalue weighted by molar-refractivity contribution is 0.118. The van der Waals surface area contributed by atoms with E-state index in [1.807, 2.05) is 0 Å². The van der Waals surface area contributed by atoms with Crippen molar-refractivity contribution in [2.75, 3.05) is 12.3 Å². The van der Waals surface area contributed by atoms with Crippen LogP contribution in [0.2, 0.25) is 39.3 Å². The maximum absolute atomic E-state index is 6.62. The average Bonchev–Trinajstić information content (AvgIpc) is 2.43. The highest BCUT2D eigenvalue weighted by Gasteiger charge is 2.30. The van der Waals surface area contributed by atoms with Gasteiger partial charge in [0.1, 0.15) is 7.22 Å². The fraction of sp³-hybridized carbons (Fsp3) is 0.895. The Balaban J connectivity index is 2.89. The number of allylic oxidation sites excluding steroid dienone is 1. The fourth-order valence-electron chi connectivity index (χ4n) is 3.23. The van der Waals surface area contributed by atoms with Gasteiger partial charge in [-0.2, -0.15) is 11.2 Å². The number of nitrogens with zero attached hydrogens (tertiary/aromatic N) is 1. The highest BCUT2D eigenvalue weighted by molar-refractivity contribution is 8.28. The molecule has 2 nitrogen and oxygen atoms in total. The van der Waals surface area contributed by atoms with Crippen LogP contribution in [0.4, 0.5) is 0 Å². The van der Waals surface area contributed by atoms with Crippen LogP contribution in [0.1, 0.15) is 52.4 Å². The summed E-state index contributed by atoms with van der Waals surface area (Å²) in [5, 5.41) is 0. The van der Waals surface area contributed by atoms with E-state index >= 15 is 0 Å². The smallest absolute Gasteiger partial charge is 0.244 e. The van der Waals surface area contributed by atoms with Gasteiger partial charge >= 0.3 is 0 Å². The van der Waals surface area contributed by atoms with Crippen LogP contribution in [0.15, 0.2) is 11.5 Å². The van der Waals surface area contributed by atoms with Crippen LogP contribution >= 0.6 is 11.2 Å². The lowest BCUT2D eigenvalue weighted by atomic mass is 9.99. The standard InChI is InChI=1S/C19H41NOSSi2/c1-9-12-17(2)19(21-23(3,4)5)20-15-11-10-13-18(20)14-16-22-24(6,7)8/h18H,9-16H2,1-8H3/b19-17+. The maximum atomic E-state index is 6.62. The van der Waals surface area contributed by atoms with Crippen molar-refractivity contribution >= 4 is 26.8 Å². The molecule has 24 heavy (non-hydrogen) atoms. The molecular weight excluding hydrogens is 346 g/mol. The molecule has 1 aliphatic heterocycles. The summed E-state index contributed by atoms with van der Waals surface area (Å²) in [4.78, 5) is 2.65. The first kappa shape index (κ1) is 22.2. The lowest BCUT2D eigenvalue weighted by Crippen LogP contribution is -2.43. The quantitative estimate of drug-likeness (QED) is 0.323. The van der Waals surface area contributed by atoms with Crippen LogP contribution in [-0.4, -0.2) is 38.8 Å². The van der Waals surface area contributed by atoms with Crippen molar-refractivity contribution in [2.24, 2.45) is 0 Å². The van der Waals surface area contributed by atoms with Crippen LogP contribution < -0.4 is 0 Å². The van der Waals surface area contributed by atoms with E-state index in [1.165, 1.54) is 55.9 Å². The van der Waals surface area contributed by atoms with Crippen molar-refractivity contribution in [3.05, 3.63) is 11.5 Å². The Labute approximate surface area is 157 Å². The number of likely N-dealkylation sites (tertiary alicyclic amines) is 1. The Kier molecular flexibility index (Phi) is 8.98. The summed E-state index contributed by atoms with van der Waals surface area (Å²) in [6.07, 6.45) is 7.71. The van der Waals surface area contributed by atoms with Crippen LogP contribution in [-0.2, 0) is 4.43 Å². The average molecular weight is 388 g/mol. The zero-order valence-electron chi connectivity index (χ0n) is 17.5.